The standard InChI is InChI=1S/C12H16N2O2/c15-12(7-10-1-3-13-4-2-10)8-11-9-16-6-5-14-11/h1-4,11,14H,5-9H2. The second kappa shape index (κ2) is 5.72. The van der Waals surface area contributed by atoms with Crippen LogP contribution >= 0.6 is 0 Å². The first-order chi connectivity index (χ1) is 7.84. The van der Waals surface area contributed by atoms with E-state index in [4.69, 9.17) is 4.74 Å². The molecule has 1 aromatic heterocycles. The predicted molar refractivity (Wildman–Crippen MR) is 60.2 cm³/mol. The molecular weight excluding hydrogens is 204 g/mol. The van der Waals surface area contributed by atoms with Crippen molar-refractivity contribution in [3.63, 3.8) is 0 Å². The number of morpholine rings is 1. The normalized spacial score (nSPS) is 20.6. The molecule has 1 saturated heterocycles. The van der Waals surface area contributed by atoms with Gasteiger partial charge in [-0.3, -0.25) is 9.78 Å². The molecule has 1 aliphatic rings. The second-order valence-electron chi connectivity index (χ2n) is 4.00. The fraction of sp³-hybridized carbons (Fsp3) is 0.500. The maximum absolute atomic E-state index is 11.8. The number of rotatable bonds is 4. The Morgan fingerprint density at radius 3 is 3.00 bits per heavy atom. The van der Waals surface area contributed by atoms with Gasteiger partial charge in [-0.2, -0.15) is 0 Å². The molecule has 16 heavy (non-hydrogen) atoms. The number of aromatic nitrogens is 1. The molecule has 0 saturated carbocycles. The van der Waals surface area contributed by atoms with Crippen molar-refractivity contribution < 1.29 is 9.53 Å². The van der Waals surface area contributed by atoms with Gasteiger partial charge in [-0.1, -0.05) is 0 Å². The zero-order valence-electron chi connectivity index (χ0n) is 9.19. The fourth-order valence-corrected chi connectivity index (χ4v) is 1.83. The Kier molecular flexibility index (Phi) is 4.02. The van der Waals surface area contributed by atoms with E-state index in [-0.39, 0.29) is 11.8 Å². The van der Waals surface area contributed by atoms with Crippen molar-refractivity contribution in [3.8, 4) is 0 Å². The van der Waals surface area contributed by atoms with E-state index in [2.05, 4.69) is 10.3 Å². The van der Waals surface area contributed by atoms with Gasteiger partial charge in [-0.25, -0.2) is 0 Å². The van der Waals surface area contributed by atoms with E-state index in [0.717, 1.165) is 18.7 Å². The number of ether oxygens (including phenoxy) is 1. The number of carbonyl (C=O) groups is 1. The van der Waals surface area contributed by atoms with Gasteiger partial charge in [0.25, 0.3) is 0 Å². The van der Waals surface area contributed by atoms with Crippen LogP contribution in [0.3, 0.4) is 0 Å². The summed E-state index contributed by atoms with van der Waals surface area (Å²) in [5.41, 5.74) is 1.02. The van der Waals surface area contributed by atoms with Crippen LogP contribution in [-0.4, -0.2) is 36.6 Å². The second-order valence-corrected chi connectivity index (χ2v) is 4.00. The summed E-state index contributed by atoms with van der Waals surface area (Å²) in [6.45, 7) is 2.23. The molecule has 0 amide bonds. The van der Waals surface area contributed by atoms with Gasteiger partial charge >= 0.3 is 0 Å². The van der Waals surface area contributed by atoms with Gasteiger partial charge in [0, 0.05) is 37.8 Å². The molecule has 1 atom stereocenters. The van der Waals surface area contributed by atoms with Crippen molar-refractivity contribution in [2.75, 3.05) is 19.8 Å². The van der Waals surface area contributed by atoms with E-state index >= 15 is 0 Å². The van der Waals surface area contributed by atoms with Crippen LogP contribution in [0.5, 0.6) is 0 Å². The SMILES string of the molecule is O=C(Cc1ccncc1)CC1COCCN1. The lowest BCUT2D eigenvalue weighted by Crippen LogP contribution is -2.42. The van der Waals surface area contributed by atoms with E-state index in [1.54, 1.807) is 12.4 Å². The average molecular weight is 220 g/mol. The summed E-state index contributed by atoms with van der Waals surface area (Å²) >= 11 is 0. The number of nitrogens with zero attached hydrogens (tertiary/aromatic N) is 1. The van der Waals surface area contributed by atoms with Crippen LogP contribution in [-0.2, 0) is 16.0 Å². The molecule has 0 spiro atoms. The lowest BCUT2D eigenvalue weighted by atomic mass is 10.0. The number of pyridine rings is 1. The monoisotopic (exact) mass is 220 g/mol. The minimum Gasteiger partial charge on any atom is -0.379 e. The summed E-state index contributed by atoms with van der Waals surface area (Å²) in [6, 6.07) is 3.94. The van der Waals surface area contributed by atoms with Crippen LogP contribution in [0.25, 0.3) is 0 Å². The van der Waals surface area contributed by atoms with Gasteiger partial charge in [-0.05, 0) is 17.7 Å². The van der Waals surface area contributed by atoms with E-state index in [1.165, 1.54) is 0 Å². The maximum atomic E-state index is 11.8. The molecule has 1 unspecified atom stereocenters. The van der Waals surface area contributed by atoms with E-state index in [1.807, 2.05) is 12.1 Å². The number of hydrogen-bond donors (Lipinski definition) is 1. The molecule has 0 radical (unpaired) electrons. The first-order valence-electron chi connectivity index (χ1n) is 5.56. The van der Waals surface area contributed by atoms with Crippen LogP contribution in [0.15, 0.2) is 24.5 Å². The highest BCUT2D eigenvalue weighted by atomic mass is 16.5. The van der Waals surface area contributed by atoms with Crippen LogP contribution in [0, 0.1) is 0 Å². The van der Waals surface area contributed by atoms with Crippen LogP contribution in [0.1, 0.15) is 12.0 Å². The minimum atomic E-state index is 0.183. The molecule has 1 aromatic rings. The molecular formula is C12H16N2O2. The molecule has 1 fully saturated rings. The molecule has 1 aliphatic heterocycles. The Hall–Kier alpha value is -1.26. The summed E-state index contributed by atoms with van der Waals surface area (Å²) in [5.74, 6) is 0.245. The van der Waals surface area contributed by atoms with Gasteiger partial charge in [0.05, 0.1) is 13.2 Å². The number of hydrogen-bond acceptors (Lipinski definition) is 4. The van der Waals surface area contributed by atoms with Gasteiger partial charge in [0.1, 0.15) is 5.78 Å². The summed E-state index contributed by atoms with van der Waals surface area (Å²) in [7, 11) is 0. The summed E-state index contributed by atoms with van der Waals surface area (Å²) in [4.78, 5) is 15.7. The maximum Gasteiger partial charge on any atom is 0.138 e. The zero-order chi connectivity index (χ0) is 11.2. The number of Topliss-reactive ketones (excluding diaryl/α,β-unsaturated/α-hetero) is 1. The van der Waals surface area contributed by atoms with Crippen molar-refractivity contribution >= 4 is 5.78 Å². The van der Waals surface area contributed by atoms with Crippen LogP contribution < -0.4 is 5.32 Å². The van der Waals surface area contributed by atoms with E-state index in [0.29, 0.717) is 19.4 Å². The number of nitrogens with one attached hydrogen (secondary N) is 1. The fourth-order valence-electron chi connectivity index (χ4n) is 1.83. The Morgan fingerprint density at radius 2 is 2.31 bits per heavy atom. The van der Waals surface area contributed by atoms with E-state index in [9.17, 15) is 4.79 Å². The van der Waals surface area contributed by atoms with Crippen molar-refractivity contribution in [2.24, 2.45) is 0 Å². The Bertz CT molecular complexity index is 334. The Balaban J connectivity index is 1.80. The topological polar surface area (TPSA) is 51.2 Å². The van der Waals surface area contributed by atoms with Crippen molar-refractivity contribution in [1.82, 2.24) is 10.3 Å². The van der Waals surface area contributed by atoms with Gasteiger partial charge in [-0.15, -0.1) is 0 Å². The van der Waals surface area contributed by atoms with Crippen molar-refractivity contribution in [1.29, 1.82) is 0 Å². The molecule has 0 bridgehead atoms. The number of ketones is 1. The van der Waals surface area contributed by atoms with Gasteiger partial charge < -0.3 is 10.1 Å². The predicted octanol–water partition coefficient (Wildman–Crippen LogP) is 0.572. The summed E-state index contributed by atoms with van der Waals surface area (Å²) in [6.07, 6.45) is 4.46. The third kappa shape index (κ3) is 3.40. The molecule has 4 heteroatoms. The smallest absolute Gasteiger partial charge is 0.138 e. The minimum absolute atomic E-state index is 0.183. The lowest BCUT2D eigenvalue weighted by molar-refractivity contribution is -0.119. The highest BCUT2D eigenvalue weighted by molar-refractivity contribution is 5.81. The first kappa shape index (κ1) is 11.2. The first-order valence-corrected chi connectivity index (χ1v) is 5.56. The molecule has 0 aliphatic carbocycles. The molecule has 86 valence electrons. The molecule has 0 aromatic carbocycles. The average Bonchev–Trinajstić information content (AvgIpc) is 2.31. The third-order valence-electron chi connectivity index (χ3n) is 2.62. The lowest BCUT2D eigenvalue weighted by Gasteiger charge is -2.23. The zero-order valence-corrected chi connectivity index (χ0v) is 9.19. The summed E-state index contributed by atoms with van der Waals surface area (Å²) < 4.78 is 5.31. The third-order valence-corrected chi connectivity index (χ3v) is 2.62. The number of carbonyl (C=O) groups excluding carboxylic acids is 1. The Labute approximate surface area is 95.0 Å². The Morgan fingerprint density at radius 1 is 1.50 bits per heavy atom. The van der Waals surface area contributed by atoms with Crippen molar-refractivity contribution in [3.05, 3.63) is 30.1 Å². The van der Waals surface area contributed by atoms with Gasteiger partial charge in [0.15, 0.2) is 0 Å². The highest BCUT2D eigenvalue weighted by Gasteiger charge is 2.16. The van der Waals surface area contributed by atoms with Crippen LogP contribution in [0.2, 0.25) is 0 Å². The molecule has 2 rings (SSSR count). The van der Waals surface area contributed by atoms with Crippen molar-refractivity contribution in [2.45, 2.75) is 18.9 Å². The highest BCUT2D eigenvalue weighted by Crippen LogP contribution is 2.04. The summed E-state index contributed by atoms with van der Waals surface area (Å²) in [5, 5.41) is 3.28. The molecule has 4 nitrogen and oxygen atoms in total. The van der Waals surface area contributed by atoms with Gasteiger partial charge in [0.2, 0.25) is 0 Å². The van der Waals surface area contributed by atoms with Crippen LogP contribution in [0.4, 0.5) is 0 Å². The largest absolute Gasteiger partial charge is 0.379 e. The molecule has 1 N–H and O–H groups in total. The molecule has 2 heterocycles. The quantitative estimate of drug-likeness (QED) is 0.806. The van der Waals surface area contributed by atoms with E-state index < -0.39 is 0 Å².